The summed E-state index contributed by atoms with van der Waals surface area (Å²) in [6, 6.07) is 7.06. The molecule has 7 heteroatoms. The second-order valence-corrected chi connectivity index (χ2v) is 6.00. The third kappa shape index (κ3) is 5.89. The molecule has 1 amide bonds. The van der Waals surface area contributed by atoms with E-state index in [1.165, 1.54) is 4.90 Å². The Morgan fingerprint density at radius 3 is 2.61 bits per heavy atom. The van der Waals surface area contributed by atoms with Crippen LogP contribution in [0.15, 0.2) is 24.3 Å². The van der Waals surface area contributed by atoms with Crippen molar-refractivity contribution in [2.24, 2.45) is 0 Å². The van der Waals surface area contributed by atoms with Crippen LogP contribution >= 0.6 is 11.6 Å². The van der Waals surface area contributed by atoms with Crippen molar-refractivity contribution in [3.8, 4) is 5.75 Å². The van der Waals surface area contributed by atoms with E-state index in [4.69, 9.17) is 21.1 Å². The number of rotatable bonds is 6. The molecule has 0 spiro atoms. The van der Waals surface area contributed by atoms with Gasteiger partial charge in [0.25, 0.3) is 0 Å². The Bertz CT molecular complexity index is 489. The molecule has 0 bridgehead atoms. The number of carbonyl (C=O) groups excluding carboxylic acids is 1. The Labute approximate surface area is 141 Å². The predicted octanol–water partition coefficient (Wildman–Crippen LogP) is 0.437. The van der Waals surface area contributed by atoms with Gasteiger partial charge < -0.3 is 19.5 Å². The van der Waals surface area contributed by atoms with Crippen molar-refractivity contribution in [2.45, 2.75) is 13.0 Å². The molecule has 6 nitrogen and oxygen atoms in total. The van der Waals surface area contributed by atoms with Crippen LogP contribution in [0, 0.1) is 0 Å². The minimum Gasteiger partial charge on any atom is -0.491 e. The van der Waals surface area contributed by atoms with Gasteiger partial charge in [0.05, 0.1) is 32.8 Å². The van der Waals surface area contributed by atoms with E-state index in [9.17, 15) is 9.90 Å². The van der Waals surface area contributed by atoms with Crippen LogP contribution in [0.25, 0.3) is 0 Å². The van der Waals surface area contributed by atoms with Crippen molar-refractivity contribution >= 4 is 17.7 Å². The van der Waals surface area contributed by atoms with Crippen LogP contribution in [0.2, 0.25) is 5.02 Å². The first-order valence-electron chi connectivity index (χ1n) is 7.90. The maximum atomic E-state index is 11.6. The van der Waals surface area contributed by atoms with Gasteiger partial charge in [-0.1, -0.05) is 11.6 Å². The maximum Gasteiger partial charge on any atom is 0.410 e. The van der Waals surface area contributed by atoms with Gasteiger partial charge in [0.15, 0.2) is 0 Å². The quantitative estimate of drug-likeness (QED) is 0.786. The van der Waals surface area contributed by atoms with Crippen molar-refractivity contribution in [3.63, 3.8) is 0 Å². The van der Waals surface area contributed by atoms with E-state index in [1.807, 2.05) is 0 Å². The fourth-order valence-electron chi connectivity index (χ4n) is 2.54. The first-order valence-corrected chi connectivity index (χ1v) is 8.28. The van der Waals surface area contributed by atoms with Crippen molar-refractivity contribution in [3.05, 3.63) is 29.3 Å². The minimum atomic E-state index is -0.546. The molecule has 1 atom stereocenters. The molecule has 1 fully saturated rings. The summed E-state index contributed by atoms with van der Waals surface area (Å²) in [6.45, 7) is 5.95. The van der Waals surface area contributed by atoms with Gasteiger partial charge in [0.2, 0.25) is 0 Å². The molecule has 1 aliphatic heterocycles. The molecule has 2 rings (SSSR count). The molecule has 128 valence electrons. The Balaban J connectivity index is 1.67. The smallest absolute Gasteiger partial charge is 0.410 e. The second-order valence-electron chi connectivity index (χ2n) is 5.56. The topological polar surface area (TPSA) is 63.4 Å². The van der Waals surface area contributed by atoms with Gasteiger partial charge in [-0.2, -0.15) is 0 Å². The molecule has 1 aliphatic rings. The number of quaternary nitrogens is 1. The van der Waals surface area contributed by atoms with E-state index < -0.39 is 6.10 Å². The van der Waals surface area contributed by atoms with Crippen LogP contribution in [0.4, 0.5) is 4.79 Å². The highest BCUT2D eigenvalue weighted by Gasteiger charge is 2.26. The number of nitrogens with zero attached hydrogens (tertiary/aromatic N) is 1. The highest BCUT2D eigenvalue weighted by Crippen LogP contribution is 2.15. The zero-order valence-corrected chi connectivity index (χ0v) is 14.1. The fourth-order valence-corrected chi connectivity index (χ4v) is 2.67. The van der Waals surface area contributed by atoms with Crippen LogP contribution in [-0.4, -0.2) is 68.1 Å². The van der Waals surface area contributed by atoms with Crippen LogP contribution in [0.5, 0.6) is 5.75 Å². The summed E-state index contributed by atoms with van der Waals surface area (Å²) < 4.78 is 10.5. The number of hydrogen-bond donors (Lipinski definition) is 2. The third-order valence-corrected chi connectivity index (χ3v) is 4.03. The van der Waals surface area contributed by atoms with Gasteiger partial charge in [0, 0.05) is 5.02 Å². The van der Waals surface area contributed by atoms with Crippen molar-refractivity contribution in [2.75, 3.05) is 45.9 Å². The van der Waals surface area contributed by atoms with E-state index >= 15 is 0 Å². The largest absolute Gasteiger partial charge is 0.491 e. The lowest BCUT2D eigenvalue weighted by molar-refractivity contribution is -0.907. The fraction of sp³-hybridized carbons (Fsp3) is 0.562. The summed E-state index contributed by atoms with van der Waals surface area (Å²) in [5, 5.41) is 10.8. The molecule has 0 aromatic heterocycles. The molecule has 1 aromatic carbocycles. The number of ether oxygens (including phenoxy) is 2. The summed E-state index contributed by atoms with van der Waals surface area (Å²) in [4.78, 5) is 14.6. The summed E-state index contributed by atoms with van der Waals surface area (Å²) in [5.41, 5.74) is 0. The Kier molecular flexibility index (Phi) is 6.95. The number of amides is 1. The van der Waals surface area contributed by atoms with E-state index in [2.05, 4.69) is 0 Å². The van der Waals surface area contributed by atoms with E-state index in [1.54, 1.807) is 36.1 Å². The predicted molar refractivity (Wildman–Crippen MR) is 87.1 cm³/mol. The molecule has 0 aliphatic carbocycles. The third-order valence-electron chi connectivity index (χ3n) is 3.78. The molecule has 23 heavy (non-hydrogen) atoms. The standard InChI is InChI=1S/C16H23ClN2O4/c1-2-22-16(21)19-9-7-18(8-10-19)11-14(20)12-23-15-5-3-13(17)4-6-15/h3-6,14,20H,2,7-12H2,1H3/p+1. The number of aliphatic hydroxyl groups excluding tert-OH is 1. The molecule has 1 heterocycles. The number of aliphatic hydroxyl groups is 1. The van der Waals surface area contributed by atoms with E-state index in [0.717, 1.165) is 13.1 Å². The summed E-state index contributed by atoms with van der Waals surface area (Å²) in [7, 11) is 0. The lowest BCUT2D eigenvalue weighted by atomic mass is 10.2. The lowest BCUT2D eigenvalue weighted by Crippen LogP contribution is -3.16. The number of halogens is 1. The van der Waals surface area contributed by atoms with Crippen LogP contribution in [-0.2, 0) is 4.74 Å². The van der Waals surface area contributed by atoms with Crippen LogP contribution in [0.1, 0.15) is 6.92 Å². The number of benzene rings is 1. The van der Waals surface area contributed by atoms with Gasteiger partial charge in [0.1, 0.15) is 25.0 Å². The molecule has 2 N–H and O–H groups in total. The van der Waals surface area contributed by atoms with Crippen molar-refractivity contribution < 1.29 is 24.3 Å². The van der Waals surface area contributed by atoms with Gasteiger partial charge >= 0.3 is 6.09 Å². The highest BCUT2D eigenvalue weighted by molar-refractivity contribution is 6.30. The Hall–Kier alpha value is -1.50. The van der Waals surface area contributed by atoms with Gasteiger partial charge in [-0.25, -0.2) is 4.79 Å². The monoisotopic (exact) mass is 343 g/mol. The molecular formula is C16H24ClN2O4+. The first-order chi connectivity index (χ1) is 11.1. The van der Waals surface area contributed by atoms with Gasteiger partial charge in [-0.3, -0.25) is 4.90 Å². The number of hydrogen-bond acceptors (Lipinski definition) is 4. The van der Waals surface area contributed by atoms with Crippen LogP contribution < -0.4 is 9.64 Å². The molecule has 1 unspecified atom stereocenters. The van der Waals surface area contributed by atoms with Gasteiger partial charge in [-0.15, -0.1) is 0 Å². The zero-order valence-electron chi connectivity index (χ0n) is 13.3. The number of piperazine rings is 1. The average Bonchev–Trinajstić information content (AvgIpc) is 2.55. The zero-order chi connectivity index (χ0) is 16.7. The molecule has 1 saturated heterocycles. The highest BCUT2D eigenvalue weighted by atomic mass is 35.5. The summed E-state index contributed by atoms with van der Waals surface area (Å²) >= 11 is 5.81. The van der Waals surface area contributed by atoms with Crippen molar-refractivity contribution in [1.29, 1.82) is 0 Å². The maximum absolute atomic E-state index is 11.6. The number of nitrogens with one attached hydrogen (secondary N) is 1. The summed E-state index contributed by atoms with van der Waals surface area (Å²) in [6.07, 6.45) is -0.798. The van der Waals surface area contributed by atoms with Gasteiger partial charge in [-0.05, 0) is 31.2 Å². The lowest BCUT2D eigenvalue weighted by Gasteiger charge is -2.32. The molecule has 0 saturated carbocycles. The first kappa shape index (κ1) is 17.8. The number of carbonyl (C=O) groups is 1. The normalized spacial score (nSPS) is 16.9. The minimum absolute atomic E-state index is 0.243. The van der Waals surface area contributed by atoms with Crippen molar-refractivity contribution in [1.82, 2.24) is 4.90 Å². The van der Waals surface area contributed by atoms with E-state index in [0.29, 0.717) is 37.0 Å². The summed E-state index contributed by atoms with van der Waals surface area (Å²) in [5.74, 6) is 0.690. The molecule has 1 aromatic rings. The molecule has 0 radical (unpaired) electrons. The molecular weight excluding hydrogens is 320 g/mol. The Morgan fingerprint density at radius 1 is 1.35 bits per heavy atom. The SMILES string of the molecule is CCOC(=O)N1CC[NH+](CC(O)COc2ccc(Cl)cc2)CC1. The Morgan fingerprint density at radius 2 is 2.00 bits per heavy atom. The van der Waals surface area contributed by atoms with Crippen LogP contribution in [0.3, 0.4) is 0 Å². The van der Waals surface area contributed by atoms with E-state index in [-0.39, 0.29) is 12.7 Å². The second kappa shape index (κ2) is 8.96. The average molecular weight is 344 g/mol.